The van der Waals surface area contributed by atoms with Crippen molar-refractivity contribution in [1.29, 1.82) is 0 Å². The van der Waals surface area contributed by atoms with Crippen LogP contribution in [0.25, 0.3) is 0 Å². The third-order valence-electron chi connectivity index (χ3n) is 10.6. The van der Waals surface area contributed by atoms with Crippen molar-refractivity contribution in [2.24, 2.45) is 52.3 Å². The van der Waals surface area contributed by atoms with Crippen LogP contribution < -0.4 is 0 Å². The van der Waals surface area contributed by atoms with Crippen LogP contribution in [0.4, 0.5) is 0 Å². The summed E-state index contributed by atoms with van der Waals surface area (Å²) < 4.78 is 0. The molecule has 2 heteroatoms. The maximum absolute atomic E-state index is 13.2. The summed E-state index contributed by atoms with van der Waals surface area (Å²) in [4.78, 5) is 13.2. The van der Waals surface area contributed by atoms with Crippen molar-refractivity contribution in [3.63, 3.8) is 0 Å². The normalized spacial score (nSPS) is 48.2. The molecule has 4 saturated carbocycles. The first kappa shape index (κ1) is 21.8. The van der Waals surface area contributed by atoms with Crippen molar-refractivity contribution in [2.45, 2.75) is 111 Å². The van der Waals surface area contributed by atoms with Crippen LogP contribution in [-0.4, -0.2) is 17.0 Å². The van der Waals surface area contributed by atoms with Gasteiger partial charge in [-0.25, -0.2) is 0 Å². The first-order valence-corrected chi connectivity index (χ1v) is 12.9. The molecule has 0 radical (unpaired) electrons. The van der Waals surface area contributed by atoms with Gasteiger partial charge >= 0.3 is 0 Å². The van der Waals surface area contributed by atoms with E-state index in [1.807, 2.05) is 0 Å². The van der Waals surface area contributed by atoms with Gasteiger partial charge in [0.1, 0.15) is 5.78 Å². The smallest absolute Gasteiger partial charge is 0.136 e. The second-order valence-corrected chi connectivity index (χ2v) is 12.6. The molecule has 9 atom stereocenters. The van der Waals surface area contributed by atoms with Crippen molar-refractivity contribution in [2.75, 3.05) is 0 Å². The van der Waals surface area contributed by atoms with E-state index >= 15 is 0 Å². The minimum absolute atomic E-state index is 0.129. The van der Waals surface area contributed by atoms with Crippen molar-refractivity contribution in [1.82, 2.24) is 0 Å². The highest BCUT2D eigenvalue weighted by Crippen LogP contribution is 2.67. The number of fused-ring (bicyclic) bond motifs is 5. The lowest BCUT2D eigenvalue weighted by Gasteiger charge is -2.60. The minimum Gasteiger partial charge on any atom is -0.393 e. The summed E-state index contributed by atoms with van der Waals surface area (Å²) in [6.45, 7) is 12.2. The fraction of sp³-hybridized carbons (Fsp3) is 0.963. The third kappa shape index (κ3) is 3.64. The number of aliphatic hydroxyl groups is 1. The van der Waals surface area contributed by atoms with Gasteiger partial charge in [-0.05, 0) is 91.3 Å². The predicted octanol–water partition coefficient (Wildman–Crippen LogP) is 6.65. The van der Waals surface area contributed by atoms with Crippen LogP contribution in [0, 0.1) is 52.3 Å². The Morgan fingerprint density at radius 3 is 2.38 bits per heavy atom. The molecule has 4 fully saturated rings. The van der Waals surface area contributed by atoms with Gasteiger partial charge in [-0.15, -0.1) is 0 Å². The molecule has 0 aliphatic heterocycles. The highest BCUT2D eigenvalue weighted by Gasteiger charge is 2.62. The molecule has 29 heavy (non-hydrogen) atoms. The fourth-order valence-electron chi connectivity index (χ4n) is 9.04. The lowest BCUT2D eigenvalue weighted by molar-refractivity contribution is -0.160. The molecule has 1 N–H and O–H groups in total. The van der Waals surface area contributed by atoms with E-state index in [0.717, 1.165) is 49.4 Å². The first-order valence-electron chi connectivity index (χ1n) is 12.9. The van der Waals surface area contributed by atoms with Gasteiger partial charge in [0.05, 0.1) is 6.10 Å². The fourth-order valence-corrected chi connectivity index (χ4v) is 9.04. The number of hydrogen-bond acceptors (Lipinski definition) is 2. The maximum Gasteiger partial charge on any atom is 0.136 e. The van der Waals surface area contributed by atoms with Crippen LogP contribution in [0.3, 0.4) is 0 Å². The number of carbonyl (C=O) groups is 1. The lowest BCUT2D eigenvalue weighted by atomic mass is 9.44. The average Bonchev–Trinajstić information content (AvgIpc) is 3.00. The maximum atomic E-state index is 13.2. The topological polar surface area (TPSA) is 37.3 Å². The van der Waals surface area contributed by atoms with Gasteiger partial charge in [-0.3, -0.25) is 4.79 Å². The van der Waals surface area contributed by atoms with Gasteiger partial charge in [0.2, 0.25) is 0 Å². The van der Waals surface area contributed by atoms with E-state index in [9.17, 15) is 9.90 Å². The lowest BCUT2D eigenvalue weighted by Crippen LogP contribution is -2.57. The molecular weight excluding hydrogens is 356 g/mol. The number of ketones is 1. The summed E-state index contributed by atoms with van der Waals surface area (Å²) in [6.07, 6.45) is 12.8. The van der Waals surface area contributed by atoms with Crippen LogP contribution in [0.5, 0.6) is 0 Å². The number of hydrogen-bond donors (Lipinski definition) is 1. The molecule has 1 unspecified atom stereocenters. The molecule has 4 rings (SSSR count). The molecule has 0 aromatic heterocycles. The van der Waals surface area contributed by atoms with Crippen molar-refractivity contribution in [3.8, 4) is 0 Å². The molecule has 2 nitrogen and oxygen atoms in total. The van der Waals surface area contributed by atoms with Crippen LogP contribution in [-0.2, 0) is 4.79 Å². The summed E-state index contributed by atoms with van der Waals surface area (Å²) in [5.74, 6) is 5.21. The van der Waals surface area contributed by atoms with E-state index in [-0.39, 0.29) is 17.4 Å². The Hall–Kier alpha value is -0.370. The zero-order valence-electron chi connectivity index (χ0n) is 19.8. The SMILES string of the molecule is CC(C)CCC[C@@H](C)C1CC[C@H]2[C@@H]3CC(=O)[C@H]4C[C@@H](O)CC[C@]4(C)[C@H]3CC[C@]12C. The summed E-state index contributed by atoms with van der Waals surface area (Å²) in [5.41, 5.74) is 0.609. The zero-order chi connectivity index (χ0) is 21.0. The Balaban J connectivity index is 1.50. The summed E-state index contributed by atoms with van der Waals surface area (Å²) in [7, 11) is 0. The molecule has 4 aliphatic carbocycles. The number of aliphatic hydroxyl groups excluding tert-OH is 1. The molecular formula is C27H46O2. The van der Waals surface area contributed by atoms with Crippen molar-refractivity contribution < 1.29 is 9.90 Å². The quantitative estimate of drug-likeness (QED) is 0.559. The van der Waals surface area contributed by atoms with Crippen LogP contribution in [0.1, 0.15) is 105 Å². The van der Waals surface area contributed by atoms with Gasteiger partial charge in [0, 0.05) is 12.3 Å². The molecule has 0 aromatic carbocycles. The average molecular weight is 403 g/mol. The summed E-state index contributed by atoms with van der Waals surface area (Å²) in [5, 5.41) is 10.2. The van der Waals surface area contributed by atoms with Gasteiger partial charge in [0.25, 0.3) is 0 Å². The predicted molar refractivity (Wildman–Crippen MR) is 119 cm³/mol. The van der Waals surface area contributed by atoms with Crippen LogP contribution in [0.15, 0.2) is 0 Å². The molecule has 0 heterocycles. The highest BCUT2D eigenvalue weighted by molar-refractivity contribution is 5.83. The zero-order valence-corrected chi connectivity index (χ0v) is 19.8. The molecule has 0 bridgehead atoms. The van der Waals surface area contributed by atoms with Crippen LogP contribution in [0.2, 0.25) is 0 Å². The van der Waals surface area contributed by atoms with E-state index in [1.54, 1.807) is 0 Å². The van der Waals surface area contributed by atoms with Gasteiger partial charge in [0.15, 0.2) is 0 Å². The summed E-state index contributed by atoms with van der Waals surface area (Å²) in [6, 6.07) is 0. The van der Waals surface area contributed by atoms with E-state index < -0.39 is 0 Å². The Morgan fingerprint density at radius 2 is 1.66 bits per heavy atom. The van der Waals surface area contributed by atoms with Gasteiger partial charge < -0.3 is 5.11 Å². The molecule has 0 aromatic rings. The second kappa shape index (κ2) is 7.95. The standard InChI is InChI=1S/C27H46O2/c1-17(2)7-6-8-18(3)21-9-10-22-20-16-25(29)24-15-19(28)11-13-27(24,5)23(20)12-14-26(21,22)4/h17-24,28H,6-16H2,1-5H3/t18-,19+,20+,21?,22+,23+,24-,26-,27-/m1/s1. The Morgan fingerprint density at radius 1 is 0.966 bits per heavy atom. The Kier molecular flexibility index (Phi) is 5.99. The van der Waals surface area contributed by atoms with Crippen molar-refractivity contribution >= 4 is 5.78 Å². The van der Waals surface area contributed by atoms with Gasteiger partial charge in [-0.2, -0.15) is 0 Å². The van der Waals surface area contributed by atoms with E-state index in [4.69, 9.17) is 0 Å². The van der Waals surface area contributed by atoms with E-state index in [1.165, 1.54) is 44.9 Å². The van der Waals surface area contributed by atoms with E-state index in [0.29, 0.717) is 23.0 Å². The van der Waals surface area contributed by atoms with Crippen molar-refractivity contribution in [3.05, 3.63) is 0 Å². The Labute approximate surface area is 179 Å². The molecule has 4 aliphatic rings. The molecule has 166 valence electrons. The summed E-state index contributed by atoms with van der Waals surface area (Å²) >= 11 is 0. The second-order valence-electron chi connectivity index (χ2n) is 12.6. The first-order chi connectivity index (χ1) is 13.7. The largest absolute Gasteiger partial charge is 0.393 e. The van der Waals surface area contributed by atoms with Crippen LogP contribution >= 0.6 is 0 Å². The monoisotopic (exact) mass is 402 g/mol. The number of carbonyl (C=O) groups excluding carboxylic acids is 1. The Bertz CT molecular complexity index is 612. The highest BCUT2D eigenvalue weighted by atomic mass is 16.3. The van der Waals surface area contributed by atoms with Gasteiger partial charge in [-0.1, -0.05) is 53.9 Å². The van der Waals surface area contributed by atoms with E-state index in [2.05, 4.69) is 34.6 Å². The number of rotatable bonds is 5. The minimum atomic E-state index is -0.245. The molecule has 0 saturated heterocycles. The third-order valence-corrected chi connectivity index (χ3v) is 10.6. The molecule has 0 amide bonds. The number of Topliss-reactive ketones (excluding diaryl/α,β-unsaturated/α-hetero) is 1. The molecule has 0 spiro atoms.